The fraction of sp³-hybridized carbons (Fsp3) is 0.941. The summed E-state index contributed by atoms with van der Waals surface area (Å²) in [5, 5.41) is 3.50. The van der Waals surface area contributed by atoms with Crippen LogP contribution in [0.15, 0.2) is 0 Å². The molecule has 3 heteroatoms. The summed E-state index contributed by atoms with van der Waals surface area (Å²) in [4.78, 5) is 15.2. The number of nitrogens with zero attached hydrogens (tertiary/aromatic N) is 1. The average Bonchev–Trinajstić information content (AvgIpc) is 3.19. The highest BCUT2D eigenvalue weighted by Crippen LogP contribution is 2.51. The Hall–Kier alpha value is -0.570. The van der Waals surface area contributed by atoms with Crippen molar-refractivity contribution in [3.8, 4) is 0 Å². The largest absolute Gasteiger partial charge is 0.335 e. The van der Waals surface area contributed by atoms with E-state index in [9.17, 15) is 4.79 Å². The molecular formula is C17H28N2O. The Morgan fingerprint density at radius 3 is 2.60 bits per heavy atom. The van der Waals surface area contributed by atoms with Gasteiger partial charge in [0.25, 0.3) is 0 Å². The molecule has 2 saturated heterocycles. The first-order valence-corrected chi connectivity index (χ1v) is 8.87. The fourth-order valence-electron chi connectivity index (χ4n) is 5.12. The molecule has 3 nitrogen and oxygen atoms in total. The topological polar surface area (TPSA) is 32.3 Å². The molecule has 4 fully saturated rings. The quantitative estimate of drug-likeness (QED) is 0.840. The number of rotatable bonds is 2. The van der Waals surface area contributed by atoms with Crippen molar-refractivity contribution in [2.75, 3.05) is 13.1 Å². The lowest BCUT2D eigenvalue weighted by molar-refractivity contribution is -0.135. The highest BCUT2D eigenvalue weighted by Gasteiger charge is 2.51. The second-order valence-electron chi connectivity index (χ2n) is 7.53. The van der Waals surface area contributed by atoms with Gasteiger partial charge >= 0.3 is 0 Å². The van der Waals surface area contributed by atoms with E-state index >= 15 is 0 Å². The van der Waals surface area contributed by atoms with Crippen molar-refractivity contribution >= 4 is 5.91 Å². The first-order chi connectivity index (χ1) is 9.84. The normalized spacial score (nSPS) is 41.5. The lowest BCUT2D eigenvalue weighted by atomic mass is 9.85. The average molecular weight is 276 g/mol. The van der Waals surface area contributed by atoms with Crippen molar-refractivity contribution in [3.05, 3.63) is 0 Å². The molecule has 0 radical (unpaired) electrons. The van der Waals surface area contributed by atoms with Crippen LogP contribution in [0.5, 0.6) is 0 Å². The molecule has 1 amide bonds. The third kappa shape index (κ3) is 2.28. The lowest BCUT2D eigenvalue weighted by Gasteiger charge is -2.29. The summed E-state index contributed by atoms with van der Waals surface area (Å²) < 4.78 is 0. The molecule has 2 aliphatic heterocycles. The van der Waals surface area contributed by atoms with Crippen LogP contribution < -0.4 is 5.32 Å². The number of carbonyl (C=O) groups excluding carboxylic acids is 1. The maximum atomic E-state index is 12.9. The van der Waals surface area contributed by atoms with Gasteiger partial charge in [0.2, 0.25) is 5.91 Å². The second-order valence-corrected chi connectivity index (χ2v) is 7.53. The first-order valence-electron chi connectivity index (χ1n) is 8.87. The van der Waals surface area contributed by atoms with Gasteiger partial charge in [-0.1, -0.05) is 32.1 Å². The molecule has 4 atom stereocenters. The molecular weight excluding hydrogens is 248 g/mol. The zero-order valence-electron chi connectivity index (χ0n) is 12.5. The zero-order chi connectivity index (χ0) is 13.5. The van der Waals surface area contributed by atoms with Gasteiger partial charge < -0.3 is 10.2 Å². The Bertz CT molecular complexity index is 363. The van der Waals surface area contributed by atoms with Crippen LogP contribution in [0, 0.1) is 17.8 Å². The summed E-state index contributed by atoms with van der Waals surface area (Å²) in [6, 6.07) is 1.05. The van der Waals surface area contributed by atoms with Gasteiger partial charge in [-0.05, 0) is 44.1 Å². The number of amides is 1. The number of hydrogen-bond donors (Lipinski definition) is 1. The minimum absolute atomic E-state index is 0.402. The van der Waals surface area contributed by atoms with E-state index in [1.54, 1.807) is 0 Å². The number of nitrogens with one attached hydrogen (secondary N) is 1. The monoisotopic (exact) mass is 276 g/mol. The van der Waals surface area contributed by atoms with Crippen LogP contribution in [0.2, 0.25) is 0 Å². The van der Waals surface area contributed by atoms with Crippen LogP contribution in [0.3, 0.4) is 0 Å². The van der Waals surface area contributed by atoms with Gasteiger partial charge in [-0.25, -0.2) is 0 Å². The second kappa shape index (κ2) is 5.32. The number of carbonyl (C=O) groups is 1. The molecule has 1 N–H and O–H groups in total. The molecule has 4 unspecified atom stereocenters. The molecule has 2 heterocycles. The van der Waals surface area contributed by atoms with E-state index in [-0.39, 0.29) is 0 Å². The predicted octanol–water partition coefficient (Wildman–Crippen LogP) is 2.56. The zero-order valence-corrected chi connectivity index (χ0v) is 12.5. The van der Waals surface area contributed by atoms with Crippen LogP contribution >= 0.6 is 0 Å². The van der Waals surface area contributed by atoms with Gasteiger partial charge in [0, 0.05) is 24.5 Å². The Balaban J connectivity index is 1.41. The lowest BCUT2D eigenvalue weighted by Crippen LogP contribution is -2.43. The molecule has 20 heavy (non-hydrogen) atoms. The van der Waals surface area contributed by atoms with E-state index in [1.807, 2.05) is 0 Å². The summed E-state index contributed by atoms with van der Waals surface area (Å²) >= 11 is 0. The fourth-order valence-corrected chi connectivity index (χ4v) is 5.12. The number of fused-ring (bicyclic) bond motifs is 2. The molecule has 0 aromatic rings. The van der Waals surface area contributed by atoms with Gasteiger partial charge in [-0.3, -0.25) is 4.79 Å². The van der Waals surface area contributed by atoms with Crippen LogP contribution in [0.4, 0.5) is 0 Å². The molecule has 112 valence electrons. The summed E-state index contributed by atoms with van der Waals surface area (Å²) in [6.45, 7) is 2.13. The van der Waals surface area contributed by atoms with E-state index in [2.05, 4.69) is 10.2 Å². The van der Waals surface area contributed by atoms with Crippen molar-refractivity contribution in [1.82, 2.24) is 10.2 Å². The van der Waals surface area contributed by atoms with Crippen LogP contribution in [-0.2, 0) is 4.79 Å². The van der Waals surface area contributed by atoms with E-state index in [0.29, 0.717) is 23.9 Å². The van der Waals surface area contributed by atoms with E-state index in [1.165, 1.54) is 57.8 Å². The van der Waals surface area contributed by atoms with Crippen LogP contribution in [0.1, 0.15) is 57.8 Å². The maximum Gasteiger partial charge on any atom is 0.226 e. The molecule has 2 bridgehead atoms. The highest BCUT2D eigenvalue weighted by atomic mass is 16.2. The van der Waals surface area contributed by atoms with Gasteiger partial charge in [0.05, 0.1) is 0 Å². The summed E-state index contributed by atoms with van der Waals surface area (Å²) in [5.74, 6) is 2.55. The third-order valence-corrected chi connectivity index (χ3v) is 6.32. The van der Waals surface area contributed by atoms with Gasteiger partial charge in [-0.2, -0.15) is 0 Å². The minimum Gasteiger partial charge on any atom is -0.335 e. The van der Waals surface area contributed by atoms with Crippen molar-refractivity contribution < 1.29 is 4.79 Å². The van der Waals surface area contributed by atoms with Crippen molar-refractivity contribution in [2.45, 2.75) is 69.9 Å². The van der Waals surface area contributed by atoms with E-state index < -0.39 is 0 Å². The maximum absolute atomic E-state index is 12.9. The van der Waals surface area contributed by atoms with E-state index in [0.717, 1.165) is 24.9 Å². The first kappa shape index (κ1) is 13.1. The standard InChI is InChI=1S/C17H28N2O/c20-17(16-10-15(16)12-4-2-1-3-5-12)19-13-6-7-14(19)11-18-9-8-13/h12-16,18H,1-11H2. The Labute approximate surface area is 122 Å². The molecule has 2 saturated carbocycles. The Morgan fingerprint density at radius 2 is 1.75 bits per heavy atom. The van der Waals surface area contributed by atoms with Gasteiger partial charge in [0.1, 0.15) is 0 Å². The molecule has 4 rings (SSSR count). The molecule has 2 aliphatic carbocycles. The molecule has 0 aromatic carbocycles. The molecule has 4 aliphatic rings. The van der Waals surface area contributed by atoms with Crippen molar-refractivity contribution in [3.63, 3.8) is 0 Å². The SMILES string of the molecule is O=C(C1CC1C1CCCCC1)N1C2CCNCC1CC2. The molecule has 0 spiro atoms. The van der Waals surface area contributed by atoms with Gasteiger partial charge in [-0.15, -0.1) is 0 Å². The Morgan fingerprint density at radius 1 is 0.950 bits per heavy atom. The van der Waals surface area contributed by atoms with Gasteiger partial charge in [0.15, 0.2) is 0 Å². The summed E-state index contributed by atoms with van der Waals surface area (Å²) in [5.41, 5.74) is 0. The minimum atomic E-state index is 0.402. The summed E-state index contributed by atoms with van der Waals surface area (Å²) in [7, 11) is 0. The number of hydrogen-bond acceptors (Lipinski definition) is 2. The summed E-state index contributed by atoms with van der Waals surface area (Å²) in [6.07, 6.45) is 11.9. The smallest absolute Gasteiger partial charge is 0.226 e. The third-order valence-electron chi connectivity index (χ3n) is 6.32. The van der Waals surface area contributed by atoms with Crippen molar-refractivity contribution in [1.29, 1.82) is 0 Å². The molecule has 0 aromatic heterocycles. The van der Waals surface area contributed by atoms with Crippen LogP contribution in [0.25, 0.3) is 0 Å². The highest BCUT2D eigenvalue weighted by molar-refractivity contribution is 5.82. The predicted molar refractivity (Wildman–Crippen MR) is 79.3 cm³/mol. The van der Waals surface area contributed by atoms with E-state index in [4.69, 9.17) is 0 Å². The Kier molecular flexibility index (Phi) is 3.49. The van der Waals surface area contributed by atoms with Crippen molar-refractivity contribution in [2.24, 2.45) is 17.8 Å². The van der Waals surface area contributed by atoms with Crippen LogP contribution in [-0.4, -0.2) is 36.0 Å².